The van der Waals surface area contributed by atoms with Crippen molar-refractivity contribution in [3.63, 3.8) is 0 Å². The van der Waals surface area contributed by atoms with Gasteiger partial charge in [0.15, 0.2) is 5.17 Å². The standard InChI is InChI=1S/C20H20ClFN4O2S/c1-19(16-8-20(16,10-28-2)29-18(23)26-19)13-7-12(4-5-14(13)22)25-17(27)15-6-3-11(21)9-24-15/h3-7,9,16H,8,10H2,1-2H3,(H2,23,26)(H,25,27)/t16-,19-,20+/m0/s1. The summed E-state index contributed by atoms with van der Waals surface area (Å²) in [5.74, 6) is -0.714. The number of ether oxygens (including phenoxy) is 1. The normalized spacial score (nSPS) is 27.7. The highest BCUT2D eigenvalue weighted by molar-refractivity contribution is 8.15. The molecule has 0 bridgehead atoms. The van der Waals surface area contributed by atoms with Crippen LogP contribution in [0.1, 0.15) is 29.4 Å². The molecule has 152 valence electrons. The molecule has 9 heteroatoms. The molecule has 6 nitrogen and oxygen atoms in total. The molecule has 2 aliphatic rings. The van der Waals surface area contributed by atoms with Gasteiger partial charge in [-0.2, -0.15) is 0 Å². The van der Waals surface area contributed by atoms with Gasteiger partial charge < -0.3 is 15.8 Å². The fourth-order valence-electron chi connectivity index (χ4n) is 4.03. The summed E-state index contributed by atoms with van der Waals surface area (Å²) >= 11 is 7.30. The summed E-state index contributed by atoms with van der Waals surface area (Å²) in [5, 5.41) is 3.61. The summed E-state index contributed by atoms with van der Waals surface area (Å²) in [5.41, 5.74) is 6.31. The van der Waals surface area contributed by atoms with Crippen molar-refractivity contribution in [1.82, 2.24) is 4.98 Å². The number of nitrogens with one attached hydrogen (secondary N) is 1. The number of thioether (sulfide) groups is 1. The molecule has 0 radical (unpaired) electrons. The predicted octanol–water partition coefficient (Wildman–Crippen LogP) is 3.81. The summed E-state index contributed by atoms with van der Waals surface area (Å²) in [7, 11) is 1.64. The molecular formula is C20H20ClFN4O2S. The van der Waals surface area contributed by atoms with Crippen LogP contribution in [0.25, 0.3) is 0 Å². The smallest absolute Gasteiger partial charge is 0.274 e. The van der Waals surface area contributed by atoms with Crippen molar-refractivity contribution in [2.45, 2.75) is 23.6 Å². The van der Waals surface area contributed by atoms with Gasteiger partial charge in [-0.3, -0.25) is 9.79 Å². The number of rotatable bonds is 5. The third-order valence-corrected chi connectivity index (χ3v) is 6.97. The van der Waals surface area contributed by atoms with Crippen LogP contribution in [0.2, 0.25) is 5.02 Å². The Balaban J connectivity index is 1.64. The van der Waals surface area contributed by atoms with Gasteiger partial charge >= 0.3 is 0 Å². The van der Waals surface area contributed by atoms with E-state index in [1.165, 1.54) is 36.2 Å². The van der Waals surface area contributed by atoms with E-state index in [0.29, 0.717) is 28.0 Å². The van der Waals surface area contributed by atoms with Crippen molar-refractivity contribution in [3.8, 4) is 0 Å². The van der Waals surface area contributed by atoms with Crippen molar-refractivity contribution in [2.75, 3.05) is 19.0 Å². The molecule has 1 aromatic heterocycles. The maximum absolute atomic E-state index is 14.8. The number of pyridine rings is 1. The van der Waals surface area contributed by atoms with E-state index in [-0.39, 0.29) is 16.4 Å². The summed E-state index contributed by atoms with van der Waals surface area (Å²) in [6.07, 6.45) is 2.23. The van der Waals surface area contributed by atoms with Gasteiger partial charge in [-0.05, 0) is 43.7 Å². The van der Waals surface area contributed by atoms with E-state index in [4.69, 9.17) is 22.1 Å². The average Bonchev–Trinajstić information content (AvgIpc) is 3.38. The maximum atomic E-state index is 14.8. The Kier molecular flexibility index (Phi) is 5.04. The average molecular weight is 435 g/mol. The number of hydrogen-bond acceptors (Lipinski definition) is 6. The van der Waals surface area contributed by atoms with E-state index in [1.807, 2.05) is 6.92 Å². The number of carbonyl (C=O) groups is 1. The van der Waals surface area contributed by atoms with Crippen molar-refractivity contribution in [1.29, 1.82) is 0 Å². The number of nitrogens with two attached hydrogens (primary N) is 1. The van der Waals surface area contributed by atoms with Crippen LogP contribution in [0.15, 0.2) is 41.5 Å². The molecule has 0 spiro atoms. The summed E-state index contributed by atoms with van der Waals surface area (Å²) in [6, 6.07) is 7.57. The van der Waals surface area contributed by atoms with Gasteiger partial charge in [0.2, 0.25) is 0 Å². The monoisotopic (exact) mass is 434 g/mol. The van der Waals surface area contributed by atoms with Crippen LogP contribution < -0.4 is 11.1 Å². The molecule has 1 aromatic carbocycles. The predicted molar refractivity (Wildman–Crippen MR) is 113 cm³/mol. The zero-order valence-corrected chi connectivity index (χ0v) is 17.5. The first kappa shape index (κ1) is 20.1. The Morgan fingerprint density at radius 2 is 2.24 bits per heavy atom. The van der Waals surface area contributed by atoms with Gasteiger partial charge in [-0.25, -0.2) is 9.37 Å². The molecule has 0 unspecified atom stereocenters. The molecule has 1 saturated carbocycles. The molecule has 3 atom stereocenters. The van der Waals surface area contributed by atoms with Crippen molar-refractivity contribution in [2.24, 2.45) is 16.6 Å². The number of amides is 1. The second-order valence-electron chi connectivity index (χ2n) is 7.46. The van der Waals surface area contributed by atoms with Gasteiger partial charge in [0.1, 0.15) is 11.5 Å². The molecular weight excluding hydrogens is 415 g/mol. The molecule has 1 amide bonds. The number of methoxy groups -OCH3 is 1. The zero-order valence-electron chi connectivity index (χ0n) is 15.9. The van der Waals surface area contributed by atoms with Crippen LogP contribution in [-0.4, -0.2) is 34.5 Å². The van der Waals surface area contributed by atoms with Crippen LogP contribution in [-0.2, 0) is 10.3 Å². The van der Waals surface area contributed by atoms with Crippen LogP contribution in [0.3, 0.4) is 0 Å². The van der Waals surface area contributed by atoms with Crippen LogP contribution in [0.5, 0.6) is 0 Å². The first-order valence-corrected chi connectivity index (χ1v) is 10.2. The second kappa shape index (κ2) is 7.27. The number of carbonyl (C=O) groups excluding carboxylic acids is 1. The van der Waals surface area contributed by atoms with E-state index >= 15 is 0 Å². The fourth-order valence-corrected chi connectivity index (χ4v) is 5.59. The van der Waals surface area contributed by atoms with Crippen molar-refractivity contribution in [3.05, 3.63) is 58.6 Å². The number of fused-ring (bicyclic) bond motifs is 1. The number of nitrogens with zero attached hydrogens (tertiary/aromatic N) is 2. The largest absolute Gasteiger partial charge is 0.383 e. The van der Waals surface area contributed by atoms with Gasteiger partial charge in [-0.15, -0.1) is 0 Å². The second-order valence-corrected chi connectivity index (χ2v) is 9.34. The first-order chi connectivity index (χ1) is 13.8. The van der Waals surface area contributed by atoms with E-state index in [0.717, 1.165) is 6.42 Å². The molecule has 0 saturated heterocycles. The lowest BCUT2D eigenvalue weighted by Gasteiger charge is -2.34. The summed E-state index contributed by atoms with van der Waals surface area (Å²) < 4.78 is 20.0. The number of amidine groups is 1. The van der Waals surface area contributed by atoms with E-state index in [9.17, 15) is 9.18 Å². The number of aromatic nitrogens is 1. The van der Waals surface area contributed by atoms with Gasteiger partial charge in [0, 0.05) is 30.5 Å². The number of halogens is 2. The Labute approximate surface area is 177 Å². The highest BCUT2D eigenvalue weighted by Crippen LogP contribution is 2.66. The van der Waals surface area contributed by atoms with E-state index in [1.54, 1.807) is 19.2 Å². The summed E-state index contributed by atoms with van der Waals surface area (Å²) in [4.78, 5) is 21.1. The molecule has 4 rings (SSSR count). The number of benzene rings is 1. The SMILES string of the molecule is COC[C@]12C[C@H]1[C@](C)(c1cc(NC(=O)c3ccc(Cl)cn3)ccc1F)N=C(N)S2. The van der Waals surface area contributed by atoms with E-state index in [2.05, 4.69) is 15.3 Å². The minimum absolute atomic E-state index is 0.0885. The van der Waals surface area contributed by atoms with Crippen LogP contribution >= 0.6 is 23.4 Å². The topological polar surface area (TPSA) is 89.6 Å². The van der Waals surface area contributed by atoms with Crippen molar-refractivity contribution < 1.29 is 13.9 Å². The molecule has 1 aliphatic carbocycles. The van der Waals surface area contributed by atoms with Crippen LogP contribution in [0.4, 0.5) is 10.1 Å². The third-order valence-electron chi connectivity index (χ3n) is 5.47. The Hall–Kier alpha value is -2.16. The number of aliphatic imine (C=N–C) groups is 1. The molecule has 3 N–H and O–H groups in total. The number of hydrogen-bond donors (Lipinski definition) is 2. The summed E-state index contributed by atoms with van der Waals surface area (Å²) in [6.45, 7) is 2.40. The van der Waals surface area contributed by atoms with E-state index < -0.39 is 17.3 Å². The molecule has 2 aromatic rings. The van der Waals surface area contributed by atoms with Gasteiger partial charge in [-0.1, -0.05) is 23.4 Å². The Morgan fingerprint density at radius 3 is 2.93 bits per heavy atom. The molecule has 1 fully saturated rings. The third kappa shape index (κ3) is 3.60. The zero-order chi connectivity index (χ0) is 20.8. The minimum atomic E-state index is -0.836. The lowest BCUT2D eigenvalue weighted by Crippen LogP contribution is -2.37. The fraction of sp³-hybridized carbons (Fsp3) is 0.350. The van der Waals surface area contributed by atoms with Gasteiger partial charge in [0.05, 0.1) is 21.9 Å². The van der Waals surface area contributed by atoms with Gasteiger partial charge in [0.25, 0.3) is 5.91 Å². The lowest BCUT2D eigenvalue weighted by molar-refractivity contribution is 0.102. The highest BCUT2D eigenvalue weighted by Gasteiger charge is 2.66. The Bertz CT molecular complexity index is 1000. The minimum Gasteiger partial charge on any atom is -0.383 e. The highest BCUT2D eigenvalue weighted by atomic mass is 35.5. The maximum Gasteiger partial charge on any atom is 0.274 e. The van der Waals surface area contributed by atoms with Crippen LogP contribution in [0, 0.1) is 11.7 Å². The molecule has 2 heterocycles. The number of anilines is 1. The quantitative estimate of drug-likeness (QED) is 0.746. The molecule has 1 aliphatic heterocycles. The van der Waals surface area contributed by atoms with Crippen molar-refractivity contribution >= 4 is 40.1 Å². The first-order valence-electron chi connectivity index (χ1n) is 9.04. The Morgan fingerprint density at radius 1 is 1.45 bits per heavy atom. The molecule has 29 heavy (non-hydrogen) atoms. The lowest BCUT2D eigenvalue weighted by atomic mass is 9.85.